The van der Waals surface area contributed by atoms with Gasteiger partial charge in [0.15, 0.2) is 5.65 Å². The number of aromatic nitrogens is 4. The number of benzene rings is 2. The van der Waals surface area contributed by atoms with Gasteiger partial charge in [-0.3, -0.25) is 4.79 Å². The summed E-state index contributed by atoms with van der Waals surface area (Å²) in [6, 6.07) is 15.5. The third-order valence-electron chi connectivity index (χ3n) is 7.24. The molecule has 42 heavy (non-hydrogen) atoms. The van der Waals surface area contributed by atoms with Gasteiger partial charge in [0, 0.05) is 23.7 Å². The van der Waals surface area contributed by atoms with Crippen LogP contribution in [-0.2, 0) is 11.3 Å². The van der Waals surface area contributed by atoms with Gasteiger partial charge >= 0.3 is 0 Å². The Labute approximate surface area is 243 Å². The second kappa shape index (κ2) is 12.0. The molecule has 0 spiro atoms. The molecule has 4 aromatic rings. The maximum atomic E-state index is 15.5. The van der Waals surface area contributed by atoms with Crippen molar-refractivity contribution >= 4 is 22.8 Å². The Balaban J connectivity index is 1.45. The number of carbonyl (C=O) groups excluding carboxylic acids is 1. The molecule has 10 nitrogen and oxygen atoms in total. The van der Waals surface area contributed by atoms with Crippen molar-refractivity contribution in [1.29, 1.82) is 5.26 Å². The number of nitrogens with two attached hydrogens (primary N) is 1. The number of hydrogen-bond donors (Lipinski definition) is 2. The smallest absolute Gasteiger partial charge is 0.264 e. The van der Waals surface area contributed by atoms with Gasteiger partial charge in [-0.25, -0.2) is 19.0 Å². The van der Waals surface area contributed by atoms with Gasteiger partial charge in [-0.2, -0.15) is 10.4 Å². The highest BCUT2D eigenvalue weighted by Gasteiger charge is 2.33. The highest BCUT2D eigenvalue weighted by molar-refractivity contribution is 5.99. The van der Waals surface area contributed by atoms with Crippen molar-refractivity contribution < 1.29 is 13.9 Å². The molecule has 2 aromatic carbocycles. The van der Waals surface area contributed by atoms with Crippen molar-refractivity contribution in [1.82, 2.24) is 30.0 Å². The molecule has 216 valence electrons. The van der Waals surface area contributed by atoms with E-state index in [2.05, 4.69) is 21.4 Å². The zero-order valence-electron chi connectivity index (χ0n) is 23.8. The number of nitrogen functional groups attached to an aromatic ring is 1. The molecule has 0 bridgehead atoms. The molecular weight excluding hydrogens is 535 g/mol. The second-order valence-corrected chi connectivity index (χ2v) is 10.8. The fourth-order valence-electron chi connectivity index (χ4n) is 5.38. The highest BCUT2D eigenvalue weighted by atomic mass is 19.1. The van der Waals surface area contributed by atoms with Crippen LogP contribution in [0.3, 0.4) is 0 Å². The molecule has 1 aliphatic rings. The lowest BCUT2D eigenvalue weighted by atomic mass is 10.0. The van der Waals surface area contributed by atoms with E-state index in [9.17, 15) is 10.1 Å². The van der Waals surface area contributed by atoms with Gasteiger partial charge in [0.1, 0.15) is 46.8 Å². The SMILES string of the molecule is CCNC(C)(C)/C=C(/C#N)C(=O)N1CCC[C@@H]1Cn1nc(-c2ccc(Oc3ccccc3)cc2F)c2c(N)ncnc21. The number of nitrogens with one attached hydrogen (secondary N) is 1. The first kappa shape index (κ1) is 28.7. The molecule has 11 heteroatoms. The summed E-state index contributed by atoms with van der Waals surface area (Å²) in [5.41, 5.74) is 6.78. The Morgan fingerprint density at radius 3 is 2.74 bits per heavy atom. The van der Waals surface area contributed by atoms with Crippen molar-refractivity contribution in [2.75, 3.05) is 18.8 Å². The Kier molecular flexibility index (Phi) is 8.17. The Hall–Kier alpha value is -4.82. The number of para-hydroxylation sites is 1. The van der Waals surface area contributed by atoms with E-state index in [0.717, 1.165) is 12.8 Å². The first-order chi connectivity index (χ1) is 20.2. The van der Waals surface area contributed by atoms with E-state index in [1.807, 2.05) is 39.0 Å². The molecule has 1 amide bonds. The fraction of sp³-hybridized carbons (Fsp3) is 0.323. The zero-order chi connectivity index (χ0) is 29.9. The molecule has 2 aromatic heterocycles. The maximum Gasteiger partial charge on any atom is 0.264 e. The topological polar surface area (TPSA) is 135 Å². The van der Waals surface area contributed by atoms with Crippen LogP contribution < -0.4 is 15.8 Å². The number of halogens is 1. The highest BCUT2D eigenvalue weighted by Crippen LogP contribution is 2.35. The number of anilines is 1. The largest absolute Gasteiger partial charge is 0.457 e. The summed E-state index contributed by atoms with van der Waals surface area (Å²) in [7, 11) is 0. The molecule has 1 saturated heterocycles. The van der Waals surface area contributed by atoms with E-state index in [1.54, 1.807) is 39.9 Å². The molecule has 1 fully saturated rings. The summed E-state index contributed by atoms with van der Waals surface area (Å²) < 4.78 is 22.9. The summed E-state index contributed by atoms with van der Waals surface area (Å²) in [6.45, 7) is 7.33. The van der Waals surface area contributed by atoms with Crippen molar-refractivity contribution in [2.24, 2.45) is 0 Å². The number of amides is 1. The molecule has 0 unspecified atom stereocenters. The van der Waals surface area contributed by atoms with Gasteiger partial charge in [-0.05, 0) is 63.6 Å². The van der Waals surface area contributed by atoms with E-state index in [4.69, 9.17) is 15.6 Å². The van der Waals surface area contributed by atoms with E-state index < -0.39 is 11.4 Å². The number of likely N-dealkylation sites (tertiary alicyclic amines) is 1. The molecule has 5 rings (SSSR count). The summed E-state index contributed by atoms with van der Waals surface area (Å²) in [5.74, 6) is 0.242. The molecule has 1 atom stereocenters. The number of rotatable bonds is 9. The molecule has 3 heterocycles. The third kappa shape index (κ3) is 5.94. The van der Waals surface area contributed by atoms with Gasteiger partial charge in [0.2, 0.25) is 0 Å². The van der Waals surface area contributed by atoms with Crippen LogP contribution in [0.4, 0.5) is 10.2 Å². The number of ether oxygens (including phenoxy) is 1. The summed E-state index contributed by atoms with van der Waals surface area (Å²) in [4.78, 5) is 23.7. The second-order valence-electron chi connectivity index (χ2n) is 10.8. The molecule has 0 saturated carbocycles. The molecule has 3 N–H and O–H groups in total. The lowest BCUT2D eigenvalue weighted by Crippen LogP contribution is -2.41. The first-order valence-corrected chi connectivity index (χ1v) is 13.9. The summed E-state index contributed by atoms with van der Waals surface area (Å²) in [6.07, 6.45) is 4.52. The van der Waals surface area contributed by atoms with Crippen molar-refractivity contribution in [3.05, 3.63) is 72.3 Å². The molecule has 0 aliphatic carbocycles. The Bertz CT molecular complexity index is 1680. The number of likely N-dealkylation sites (N-methyl/N-ethyl adjacent to an activating group) is 1. The van der Waals surface area contributed by atoms with Gasteiger partial charge in [0.05, 0.1) is 18.0 Å². The predicted octanol–water partition coefficient (Wildman–Crippen LogP) is 4.84. The van der Waals surface area contributed by atoms with E-state index in [1.165, 1.54) is 12.4 Å². The lowest BCUT2D eigenvalue weighted by molar-refractivity contribution is -0.127. The predicted molar refractivity (Wildman–Crippen MR) is 158 cm³/mol. The average Bonchev–Trinajstić information content (AvgIpc) is 3.58. The van der Waals surface area contributed by atoms with E-state index >= 15 is 4.39 Å². The number of nitrogens with zero attached hydrogens (tertiary/aromatic N) is 6. The van der Waals surface area contributed by atoms with Crippen LogP contribution in [0.2, 0.25) is 0 Å². The number of hydrogen-bond acceptors (Lipinski definition) is 8. The lowest BCUT2D eigenvalue weighted by Gasteiger charge is -2.26. The van der Waals surface area contributed by atoms with Crippen LogP contribution in [0.5, 0.6) is 11.5 Å². The average molecular weight is 569 g/mol. The monoisotopic (exact) mass is 568 g/mol. The quantitative estimate of drug-likeness (QED) is 0.216. The Morgan fingerprint density at radius 1 is 1.24 bits per heavy atom. The fourth-order valence-corrected chi connectivity index (χ4v) is 5.38. The van der Waals surface area contributed by atoms with Crippen molar-refractivity contribution in [3.63, 3.8) is 0 Å². The van der Waals surface area contributed by atoms with Crippen molar-refractivity contribution in [2.45, 2.75) is 51.7 Å². The first-order valence-electron chi connectivity index (χ1n) is 13.9. The van der Waals surface area contributed by atoms with Crippen LogP contribution in [-0.4, -0.2) is 55.2 Å². The Morgan fingerprint density at radius 2 is 2.02 bits per heavy atom. The number of nitriles is 1. The maximum absolute atomic E-state index is 15.5. The van der Waals surface area contributed by atoms with Crippen LogP contribution >= 0.6 is 0 Å². The van der Waals surface area contributed by atoms with Gasteiger partial charge < -0.3 is 20.7 Å². The summed E-state index contributed by atoms with van der Waals surface area (Å²) in [5, 5.41) is 18.2. The van der Waals surface area contributed by atoms with Gasteiger partial charge in [-0.1, -0.05) is 25.1 Å². The normalized spacial score (nSPS) is 15.6. The number of carbonyl (C=O) groups is 1. The molecule has 0 radical (unpaired) electrons. The third-order valence-corrected chi connectivity index (χ3v) is 7.24. The minimum Gasteiger partial charge on any atom is -0.457 e. The van der Waals surface area contributed by atoms with Crippen molar-refractivity contribution in [3.8, 4) is 28.8 Å². The van der Waals surface area contributed by atoms with Gasteiger partial charge in [-0.15, -0.1) is 0 Å². The van der Waals surface area contributed by atoms with E-state index in [-0.39, 0.29) is 28.9 Å². The van der Waals surface area contributed by atoms with Crippen LogP contribution in [0.1, 0.15) is 33.6 Å². The minimum atomic E-state index is -0.539. The molecule has 1 aliphatic heterocycles. The molecular formula is C31H33FN8O2. The zero-order valence-corrected chi connectivity index (χ0v) is 23.8. The van der Waals surface area contributed by atoms with Crippen LogP contribution in [0, 0.1) is 17.1 Å². The van der Waals surface area contributed by atoms with E-state index in [0.29, 0.717) is 47.9 Å². The standard InChI is InChI=1S/C31H33FN8O2/c1-4-37-31(2,3)16-20(17-33)30(41)39-14-8-9-21(39)18-40-29-26(28(34)35-19-36-29)27(38-40)24-13-12-23(15-25(24)32)42-22-10-6-5-7-11-22/h5-7,10-13,15-16,19,21,37H,4,8-9,14,18H2,1-3H3,(H2,34,35,36)/b20-16-/t21-/m1/s1. The minimum absolute atomic E-state index is 0.0883. The van der Waals surface area contributed by atoms with Crippen LogP contribution in [0.15, 0.2) is 66.5 Å². The van der Waals surface area contributed by atoms with Gasteiger partial charge in [0.25, 0.3) is 5.91 Å². The summed E-state index contributed by atoms with van der Waals surface area (Å²) >= 11 is 0. The van der Waals surface area contributed by atoms with Crippen LogP contribution in [0.25, 0.3) is 22.3 Å². The number of fused-ring (bicyclic) bond motifs is 1.